The van der Waals surface area contributed by atoms with Crippen molar-refractivity contribution in [2.24, 2.45) is 0 Å². The molecule has 0 bridgehead atoms. The van der Waals surface area contributed by atoms with E-state index in [1.807, 2.05) is 11.3 Å². The third kappa shape index (κ3) is 2.22. The zero-order chi connectivity index (χ0) is 12.4. The predicted molar refractivity (Wildman–Crippen MR) is 74.2 cm³/mol. The number of thiazole rings is 1. The van der Waals surface area contributed by atoms with Gasteiger partial charge in [-0.25, -0.2) is 4.98 Å². The maximum Gasteiger partial charge on any atom is 0.116 e. The summed E-state index contributed by atoms with van der Waals surface area (Å²) in [6, 6.07) is 0. The summed E-state index contributed by atoms with van der Waals surface area (Å²) in [4.78, 5) is 6.46. The molecule has 3 nitrogen and oxygen atoms in total. The maximum absolute atomic E-state index is 5.65. The molecular weight excluding hydrogens is 244 g/mol. The first-order valence-corrected chi connectivity index (χ1v) is 7.97. The summed E-state index contributed by atoms with van der Waals surface area (Å²) in [5, 5.41) is 4.97. The van der Waals surface area contributed by atoms with Gasteiger partial charge in [-0.1, -0.05) is 6.92 Å². The van der Waals surface area contributed by atoms with Crippen LogP contribution in [0.25, 0.3) is 0 Å². The van der Waals surface area contributed by atoms with Crippen molar-refractivity contribution in [1.82, 2.24) is 10.3 Å². The lowest BCUT2D eigenvalue weighted by Crippen LogP contribution is -2.43. The van der Waals surface area contributed by atoms with Crippen LogP contribution in [0.4, 0.5) is 0 Å². The average Bonchev–Trinajstić information content (AvgIpc) is 3.03. The van der Waals surface area contributed by atoms with Gasteiger partial charge in [-0.05, 0) is 45.1 Å². The first kappa shape index (κ1) is 12.6. The fraction of sp³-hybridized carbons (Fsp3) is 0.786. The highest BCUT2D eigenvalue weighted by Gasteiger charge is 2.39. The lowest BCUT2D eigenvalue weighted by molar-refractivity contribution is 0.166. The minimum Gasteiger partial charge on any atom is -0.379 e. The number of nitrogens with zero attached hydrogens (tertiary/aromatic N) is 1. The molecule has 1 unspecified atom stereocenters. The van der Waals surface area contributed by atoms with Crippen LogP contribution in [0.1, 0.15) is 48.2 Å². The van der Waals surface area contributed by atoms with Crippen molar-refractivity contribution in [2.75, 3.05) is 19.8 Å². The molecule has 3 rings (SSSR count). The van der Waals surface area contributed by atoms with Crippen molar-refractivity contribution in [1.29, 1.82) is 0 Å². The van der Waals surface area contributed by atoms with Gasteiger partial charge in [-0.2, -0.15) is 0 Å². The molecule has 1 aromatic heterocycles. The molecule has 0 amide bonds. The van der Waals surface area contributed by atoms with E-state index in [2.05, 4.69) is 12.2 Å². The highest BCUT2D eigenvalue weighted by Crippen LogP contribution is 2.37. The van der Waals surface area contributed by atoms with E-state index in [1.54, 1.807) is 0 Å². The smallest absolute Gasteiger partial charge is 0.116 e. The van der Waals surface area contributed by atoms with Gasteiger partial charge in [0.2, 0.25) is 0 Å². The maximum atomic E-state index is 5.65. The van der Waals surface area contributed by atoms with Crippen molar-refractivity contribution < 1.29 is 4.74 Å². The van der Waals surface area contributed by atoms with E-state index in [-0.39, 0.29) is 5.54 Å². The van der Waals surface area contributed by atoms with Crippen LogP contribution >= 0.6 is 11.3 Å². The van der Waals surface area contributed by atoms with Crippen molar-refractivity contribution in [3.8, 4) is 0 Å². The van der Waals surface area contributed by atoms with E-state index >= 15 is 0 Å². The molecule has 1 aliphatic heterocycles. The van der Waals surface area contributed by atoms with Gasteiger partial charge in [-0.3, -0.25) is 0 Å². The molecular formula is C14H22N2OS. The van der Waals surface area contributed by atoms with Crippen LogP contribution in [0.2, 0.25) is 0 Å². The molecule has 0 radical (unpaired) electrons. The topological polar surface area (TPSA) is 34.2 Å². The van der Waals surface area contributed by atoms with Crippen molar-refractivity contribution in [3.63, 3.8) is 0 Å². The summed E-state index contributed by atoms with van der Waals surface area (Å²) >= 11 is 1.93. The minimum absolute atomic E-state index is 0.0119. The second-order valence-electron chi connectivity index (χ2n) is 5.41. The summed E-state index contributed by atoms with van der Waals surface area (Å²) < 4.78 is 5.65. The lowest BCUT2D eigenvalue weighted by Gasteiger charge is -2.26. The molecule has 100 valence electrons. The summed E-state index contributed by atoms with van der Waals surface area (Å²) in [5.74, 6) is 0. The Morgan fingerprint density at radius 1 is 1.39 bits per heavy atom. The molecule has 1 fully saturated rings. The van der Waals surface area contributed by atoms with Gasteiger partial charge in [0.1, 0.15) is 5.01 Å². The summed E-state index contributed by atoms with van der Waals surface area (Å²) in [5.41, 5.74) is 1.38. The second-order valence-corrected chi connectivity index (χ2v) is 6.49. The number of aromatic nitrogens is 1. The Hall–Kier alpha value is -0.450. The number of hydrogen-bond donors (Lipinski definition) is 1. The molecule has 18 heavy (non-hydrogen) atoms. The van der Waals surface area contributed by atoms with Gasteiger partial charge < -0.3 is 10.1 Å². The molecule has 4 heteroatoms. The SMILES string of the molecule is CCCNC1(c2nc3c(s2)CCCC3)CCOC1. The van der Waals surface area contributed by atoms with E-state index in [9.17, 15) is 0 Å². The van der Waals surface area contributed by atoms with Gasteiger partial charge in [0, 0.05) is 11.5 Å². The normalized spacial score (nSPS) is 27.4. The Morgan fingerprint density at radius 3 is 3.00 bits per heavy atom. The fourth-order valence-corrected chi connectivity index (χ4v) is 4.20. The molecule has 1 saturated heterocycles. The molecule has 1 N–H and O–H groups in total. The van der Waals surface area contributed by atoms with Crippen LogP contribution in [0.5, 0.6) is 0 Å². The zero-order valence-corrected chi connectivity index (χ0v) is 11.9. The van der Waals surface area contributed by atoms with E-state index in [0.717, 1.165) is 32.6 Å². The largest absolute Gasteiger partial charge is 0.379 e. The van der Waals surface area contributed by atoms with Crippen LogP contribution in [0.3, 0.4) is 0 Å². The fourth-order valence-electron chi connectivity index (χ4n) is 2.87. The molecule has 0 saturated carbocycles. The lowest BCUT2D eigenvalue weighted by atomic mass is 9.99. The third-order valence-electron chi connectivity index (χ3n) is 3.99. The van der Waals surface area contributed by atoms with Crippen LogP contribution in [0.15, 0.2) is 0 Å². The van der Waals surface area contributed by atoms with Gasteiger partial charge in [-0.15, -0.1) is 11.3 Å². The van der Waals surface area contributed by atoms with Gasteiger partial charge in [0.05, 0.1) is 17.8 Å². The Kier molecular flexibility index (Phi) is 3.68. The Labute approximate surface area is 113 Å². The van der Waals surface area contributed by atoms with Crippen LogP contribution in [-0.4, -0.2) is 24.7 Å². The zero-order valence-electron chi connectivity index (χ0n) is 11.1. The first-order chi connectivity index (χ1) is 8.84. The van der Waals surface area contributed by atoms with Crippen LogP contribution < -0.4 is 5.32 Å². The number of rotatable bonds is 4. The van der Waals surface area contributed by atoms with Crippen molar-refractivity contribution in [3.05, 3.63) is 15.6 Å². The summed E-state index contributed by atoms with van der Waals surface area (Å²) in [6.45, 7) is 4.91. The molecule has 2 aliphatic rings. The highest BCUT2D eigenvalue weighted by atomic mass is 32.1. The highest BCUT2D eigenvalue weighted by molar-refractivity contribution is 7.11. The summed E-state index contributed by atoms with van der Waals surface area (Å²) in [6.07, 6.45) is 7.28. The van der Waals surface area contributed by atoms with Crippen LogP contribution in [-0.2, 0) is 23.1 Å². The molecule has 1 aromatic rings. The average molecular weight is 266 g/mol. The minimum atomic E-state index is 0.0119. The molecule has 1 aliphatic carbocycles. The number of hydrogen-bond acceptors (Lipinski definition) is 4. The van der Waals surface area contributed by atoms with E-state index in [0.29, 0.717) is 0 Å². The van der Waals surface area contributed by atoms with Gasteiger partial charge >= 0.3 is 0 Å². The summed E-state index contributed by atoms with van der Waals surface area (Å²) in [7, 11) is 0. The Balaban J connectivity index is 1.87. The van der Waals surface area contributed by atoms with E-state index in [1.165, 1.54) is 41.3 Å². The third-order valence-corrected chi connectivity index (χ3v) is 5.35. The number of ether oxygens (including phenoxy) is 1. The molecule has 0 aromatic carbocycles. The van der Waals surface area contributed by atoms with Gasteiger partial charge in [0.15, 0.2) is 0 Å². The Bertz CT molecular complexity index is 386. The first-order valence-electron chi connectivity index (χ1n) is 7.16. The molecule has 1 atom stereocenters. The number of nitrogens with one attached hydrogen (secondary N) is 1. The van der Waals surface area contributed by atoms with Gasteiger partial charge in [0.25, 0.3) is 0 Å². The van der Waals surface area contributed by atoms with Crippen molar-refractivity contribution >= 4 is 11.3 Å². The van der Waals surface area contributed by atoms with E-state index in [4.69, 9.17) is 9.72 Å². The quantitative estimate of drug-likeness (QED) is 0.909. The predicted octanol–water partition coefficient (Wildman–Crippen LogP) is 2.64. The molecule has 2 heterocycles. The van der Waals surface area contributed by atoms with Crippen LogP contribution in [0, 0.1) is 0 Å². The standard InChI is InChI=1S/C14H22N2OS/c1-2-8-15-14(7-9-17-10-14)13-16-11-5-3-4-6-12(11)18-13/h15H,2-10H2,1H3. The van der Waals surface area contributed by atoms with Crippen molar-refractivity contribution in [2.45, 2.75) is 51.0 Å². The molecule has 0 spiro atoms. The number of aryl methyl sites for hydroxylation is 2. The number of fused-ring (bicyclic) bond motifs is 1. The van der Waals surface area contributed by atoms with E-state index < -0.39 is 0 Å². The second kappa shape index (κ2) is 5.27. The monoisotopic (exact) mass is 266 g/mol. The Morgan fingerprint density at radius 2 is 2.28 bits per heavy atom.